The van der Waals surface area contributed by atoms with Crippen LogP contribution in [0.1, 0.15) is 5.56 Å². The first-order valence-electron chi connectivity index (χ1n) is 5.89. The Balaban J connectivity index is 2.08. The molecule has 4 nitrogen and oxygen atoms in total. The van der Waals surface area contributed by atoms with E-state index in [4.69, 9.17) is 9.63 Å². The first kappa shape index (κ1) is 11.5. The molecule has 1 aromatic heterocycles. The van der Waals surface area contributed by atoms with Crippen molar-refractivity contribution in [2.45, 2.75) is 6.42 Å². The third-order valence-electron chi connectivity index (χ3n) is 2.93. The molecular formula is C15H11NO3. The lowest BCUT2D eigenvalue weighted by Gasteiger charge is -1.98. The number of fused-ring (bicyclic) bond motifs is 1. The number of carboxylic acids is 1. The monoisotopic (exact) mass is 253 g/mol. The second-order valence-corrected chi connectivity index (χ2v) is 4.30. The summed E-state index contributed by atoms with van der Waals surface area (Å²) < 4.78 is 5.36. The summed E-state index contributed by atoms with van der Waals surface area (Å²) in [6, 6.07) is 15.1. The number of aliphatic carboxylic acids is 1. The van der Waals surface area contributed by atoms with Crippen LogP contribution < -0.4 is 0 Å². The summed E-state index contributed by atoms with van der Waals surface area (Å²) in [6.07, 6.45) is -0.0104. The molecule has 0 amide bonds. The molecule has 1 heterocycles. The van der Waals surface area contributed by atoms with Crippen molar-refractivity contribution in [2.75, 3.05) is 0 Å². The van der Waals surface area contributed by atoms with Gasteiger partial charge in [0, 0.05) is 10.9 Å². The Kier molecular flexibility index (Phi) is 2.76. The molecule has 0 aliphatic carbocycles. The first-order chi connectivity index (χ1) is 9.24. The van der Waals surface area contributed by atoms with Gasteiger partial charge in [-0.15, -0.1) is 0 Å². The summed E-state index contributed by atoms with van der Waals surface area (Å²) in [4.78, 5) is 10.7. The van der Waals surface area contributed by atoms with Crippen molar-refractivity contribution >= 4 is 16.9 Å². The topological polar surface area (TPSA) is 63.3 Å². The lowest BCUT2D eigenvalue weighted by molar-refractivity contribution is -0.136. The summed E-state index contributed by atoms with van der Waals surface area (Å²) in [7, 11) is 0. The maximum absolute atomic E-state index is 10.7. The number of carboxylic acid groups (broad SMARTS) is 1. The van der Waals surface area contributed by atoms with Crippen LogP contribution in [0, 0.1) is 0 Å². The molecule has 0 aliphatic rings. The Labute approximate surface area is 109 Å². The van der Waals surface area contributed by atoms with Gasteiger partial charge in [0.05, 0.1) is 6.42 Å². The minimum absolute atomic E-state index is 0.0104. The molecule has 2 aromatic carbocycles. The summed E-state index contributed by atoms with van der Waals surface area (Å²) in [5.74, 6) is -0.149. The molecule has 0 unspecified atom stereocenters. The van der Waals surface area contributed by atoms with E-state index in [-0.39, 0.29) is 6.42 Å². The van der Waals surface area contributed by atoms with E-state index in [1.807, 2.05) is 36.4 Å². The lowest BCUT2D eigenvalue weighted by atomic mass is 10.1. The molecule has 0 radical (unpaired) electrons. The van der Waals surface area contributed by atoms with Crippen LogP contribution in [-0.2, 0) is 11.2 Å². The van der Waals surface area contributed by atoms with Crippen LogP contribution in [0.4, 0.5) is 0 Å². The van der Waals surface area contributed by atoms with Crippen molar-refractivity contribution in [1.29, 1.82) is 0 Å². The predicted molar refractivity (Wildman–Crippen MR) is 70.8 cm³/mol. The van der Waals surface area contributed by atoms with Gasteiger partial charge in [0.2, 0.25) is 0 Å². The minimum atomic E-state index is -0.855. The molecular weight excluding hydrogens is 242 g/mol. The normalized spacial score (nSPS) is 10.7. The Bertz CT molecular complexity index is 731. The van der Waals surface area contributed by atoms with Crippen LogP contribution in [0.5, 0.6) is 0 Å². The van der Waals surface area contributed by atoms with Crippen molar-refractivity contribution in [2.24, 2.45) is 0 Å². The quantitative estimate of drug-likeness (QED) is 0.778. The highest BCUT2D eigenvalue weighted by atomic mass is 16.5. The van der Waals surface area contributed by atoms with E-state index in [0.29, 0.717) is 16.8 Å². The van der Waals surface area contributed by atoms with E-state index in [9.17, 15) is 4.79 Å². The van der Waals surface area contributed by atoms with E-state index < -0.39 is 5.97 Å². The number of hydrogen-bond acceptors (Lipinski definition) is 3. The van der Waals surface area contributed by atoms with Gasteiger partial charge >= 0.3 is 5.97 Å². The standard InChI is InChI=1S/C15H11NO3/c17-14(18)9-10-6-7-12-13(8-10)16-19-15(12)11-4-2-1-3-5-11/h1-8H,9H2,(H,17,18). The average Bonchev–Trinajstić information content (AvgIpc) is 2.82. The molecule has 3 rings (SSSR count). The molecule has 0 aliphatic heterocycles. The van der Waals surface area contributed by atoms with Gasteiger partial charge in [0.1, 0.15) is 5.52 Å². The van der Waals surface area contributed by atoms with Gasteiger partial charge in [-0.1, -0.05) is 41.6 Å². The molecule has 94 valence electrons. The molecule has 3 aromatic rings. The zero-order valence-corrected chi connectivity index (χ0v) is 10.0. The highest BCUT2D eigenvalue weighted by Gasteiger charge is 2.11. The van der Waals surface area contributed by atoms with E-state index >= 15 is 0 Å². The van der Waals surface area contributed by atoms with E-state index in [1.54, 1.807) is 12.1 Å². The van der Waals surface area contributed by atoms with Crippen LogP contribution in [-0.4, -0.2) is 16.2 Å². The fourth-order valence-corrected chi connectivity index (χ4v) is 2.07. The SMILES string of the molecule is O=C(O)Cc1ccc2c(-c3ccccc3)onc2c1. The minimum Gasteiger partial charge on any atom is -0.481 e. The smallest absolute Gasteiger partial charge is 0.307 e. The summed E-state index contributed by atoms with van der Waals surface area (Å²) in [5.41, 5.74) is 2.35. The number of nitrogens with zero attached hydrogens (tertiary/aromatic N) is 1. The predicted octanol–water partition coefficient (Wildman–Crippen LogP) is 3.12. The zero-order valence-electron chi connectivity index (χ0n) is 10.0. The molecule has 1 N–H and O–H groups in total. The van der Waals surface area contributed by atoms with Crippen LogP contribution in [0.25, 0.3) is 22.2 Å². The van der Waals surface area contributed by atoms with Crippen molar-refractivity contribution in [1.82, 2.24) is 5.16 Å². The van der Waals surface area contributed by atoms with Gasteiger partial charge in [-0.3, -0.25) is 4.79 Å². The number of rotatable bonds is 3. The molecule has 0 saturated heterocycles. The van der Waals surface area contributed by atoms with E-state index in [2.05, 4.69) is 5.16 Å². The fraction of sp³-hybridized carbons (Fsp3) is 0.0667. The average molecular weight is 253 g/mol. The van der Waals surface area contributed by atoms with Crippen LogP contribution in [0.2, 0.25) is 0 Å². The number of carbonyl (C=O) groups is 1. The fourth-order valence-electron chi connectivity index (χ4n) is 2.07. The van der Waals surface area contributed by atoms with E-state index in [1.165, 1.54) is 0 Å². The van der Waals surface area contributed by atoms with Crippen LogP contribution in [0.15, 0.2) is 53.1 Å². The first-order valence-corrected chi connectivity index (χ1v) is 5.89. The highest BCUT2D eigenvalue weighted by molar-refractivity contribution is 5.92. The second-order valence-electron chi connectivity index (χ2n) is 4.30. The van der Waals surface area contributed by atoms with Crippen LogP contribution in [0.3, 0.4) is 0 Å². The van der Waals surface area contributed by atoms with Crippen molar-refractivity contribution in [3.8, 4) is 11.3 Å². The largest absolute Gasteiger partial charge is 0.481 e. The summed E-state index contributed by atoms with van der Waals surface area (Å²) in [6.45, 7) is 0. The molecule has 19 heavy (non-hydrogen) atoms. The van der Waals surface area contributed by atoms with Gasteiger partial charge in [-0.25, -0.2) is 0 Å². The second kappa shape index (κ2) is 4.57. The third kappa shape index (κ3) is 2.20. The maximum Gasteiger partial charge on any atom is 0.307 e. The van der Waals surface area contributed by atoms with Gasteiger partial charge in [0.15, 0.2) is 5.76 Å². The van der Waals surface area contributed by atoms with Crippen molar-refractivity contribution < 1.29 is 14.4 Å². The van der Waals surface area contributed by atoms with Gasteiger partial charge in [0.25, 0.3) is 0 Å². The van der Waals surface area contributed by atoms with E-state index in [0.717, 1.165) is 10.9 Å². The van der Waals surface area contributed by atoms with Gasteiger partial charge < -0.3 is 9.63 Å². The molecule has 0 spiro atoms. The number of benzene rings is 2. The molecule has 0 atom stereocenters. The highest BCUT2D eigenvalue weighted by Crippen LogP contribution is 2.28. The lowest BCUT2D eigenvalue weighted by Crippen LogP contribution is -1.99. The molecule has 4 heteroatoms. The summed E-state index contributed by atoms with van der Waals surface area (Å²) >= 11 is 0. The maximum atomic E-state index is 10.7. The van der Waals surface area contributed by atoms with Gasteiger partial charge in [-0.05, 0) is 17.7 Å². The summed E-state index contributed by atoms with van der Waals surface area (Å²) in [5, 5.41) is 13.7. The van der Waals surface area contributed by atoms with Crippen LogP contribution >= 0.6 is 0 Å². The number of hydrogen-bond donors (Lipinski definition) is 1. The Hall–Kier alpha value is -2.62. The molecule has 0 fully saturated rings. The Morgan fingerprint density at radius 1 is 1.16 bits per heavy atom. The molecule has 0 saturated carbocycles. The number of aromatic nitrogens is 1. The zero-order chi connectivity index (χ0) is 13.2. The Morgan fingerprint density at radius 2 is 1.95 bits per heavy atom. The van der Waals surface area contributed by atoms with Gasteiger partial charge in [-0.2, -0.15) is 0 Å². The molecule has 0 bridgehead atoms. The van der Waals surface area contributed by atoms with Crippen molar-refractivity contribution in [3.05, 3.63) is 54.1 Å². The third-order valence-corrected chi connectivity index (χ3v) is 2.93. The Morgan fingerprint density at radius 3 is 2.68 bits per heavy atom. The van der Waals surface area contributed by atoms with Crippen molar-refractivity contribution in [3.63, 3.8) is 0 Å².